The van der Waals surface area contributed by atoms with Gasteiger partial charge in [-0.25, -0.2) is 5.43 Å². The molecule has 168 valence electrons. The molecule has 0 fully saturated rings. The van der Waals surface area contributed by atoms with E-state index in [1.807, 2.05) is 30.3 Å². The number of anilines is 1. The number of fused-ring (bicyclic) bond motifs is 3. The predicted octanol–water partition coefficient (Wildman–Crippen LogP) is 4.14. The first-order valence-electron chi connectivity index (χ1n) is 10.0. The highest BCUT2D eigenvalue weighted by Gasteiger charge is 2.15. The largest absolute Gasteiger partial charge is 0.508 e. The molecule has 0 bridgehead atoms. The lowest BCUT2D eigenvalue weighted by Crippen LogP contribution is -2.21. The summed E-state index contributed by atoms with van der Waals surface area (Å²) in [5, 5.41) is 27.6. The zero-order valence-electron chi connectivity index (χ0n) is 17.9. The molecule has 9 nitrogen and oxygen atoms in total. The fourth-order valence-electron chi connectivity index (χ4n) is 3.40. The van der Waals surface area contributed by atoms with E-state index in [4.69, 9.17) is 9.15 Å². The molecule has 0 aliphatic carbocycles. The number of furan rings is 1. The Morgan fingerprint density at radius 3 is 2.58 bits per heavy atom. The highest BCUT2D eigenvalue weighted by molar-refractivity contribution is 6.10. The van der Waals surface area contributed by atoms with E-state index in [0.29, 0.717) is 22.7 Å². The Morgan fingerprint density at radius 1 is 1.03 bits per heavy atom. The quantitative estimate of drug-likeness (QED) is 0.259. The Kier molecular flexibility index (Phi) is 5.86. The first-order valence-corrected chi connectivity index (χ1v) is 10.0. The summed E-state index contributed by atoms with van der Waals surface area (Å²) in [6.07, 6.45) is -0.0941. The summed E-state index contributed by atoms with van der Waals surface area (Å²) in [5.74, 6) is -1.12. The number of hydrazone groups is 1. The molecule has 0 atom stereocenters. The van der Waals surface area contributed by atoms with Crippen LogP contribution in [0.1, 0.15) is 23.7 Å². The maximum Gasteiger partial charge on any atom is 0.275 e. The van der Waals surface area contributed by atoms with Crippen molar-refractivity contribution >= 4 is 45.2 Å². The minimum Gasteiger partial charge on any atom is -0.508 e. The number of aromatic hydroxyl groups is 2. The van der Waals surface area contributed by atoms with Gasteiger partial charge in [0.15, 0.2) is 0 Å². The lowest BCUT2D eigenvalue weighted by atomic mass is 10.1. The molecule has 3 aromatic carbocycles. The van der Waals surface area contributed by atoms with Crippen LogP contribution in [0.3, 0.4) is 0 Å². The van der Waals surface area contributed by atoms with Crippen molar-refractivity contribution < 1.29 is 29.0 Å². The summed E-state index contributed by atoms with van der Waals surface area (Å²) < 4.78 is 11.3. The number of methoxy groups -OCH3 is 1. The van der Waals surface area contributed by atoms with Crippen molar-refractivity contribution in [1.82, 2.24) is 5.43 Å². The highest BCUT2D eigenvalue weighted by Crippen LogP contribution is 2.36. The number of para-hydroxylation sites is 1. The standard InChI is InChI=1S/C24H21N3O6/c1-13(26-27-24(31)16-8-7-14(28)10-19(16)29)9-23(30)25-18-12-21-17(11-22(18)32-2)15-5-3-4-6-20(15)33-21/h3-8,10-12,28-29H,9H2,1-2H3,(H,25,30)(H,27,31)/b26-13+. The van der Waals surface area contributed by atoms with Crippen LogP contribution in [0.5, 0.6) is 17.2 Å². The number of benzene rings is 3. The van der Waals surface area contributed by atoms with Crippen LogP contribution in [0.25, 0.3) is 21.9 Å². The molecular weight excluding hydrogens is 426 g/mol. The number of rotatable bonds is 6. The normalized spacial score (nSPS) is 11.5. The van der Waals surface area contributed by atoms with Gasteiger partial charge in [-0.2, -0.15) is 5.10 Å². The molecule has 1 aromatic heterocycles. The third-order valence-electron chi connectivity index (χ3n) is 4.96. The molecule has 0 unspecified atom stereocenters. The summed E-state index contributed by atoms with van der Waals surface area (Å²) in [6, 6.07) is 14.7. The molecule has 4 aromatic rings. The van der Waals surface area contributed by atoms with E-state index >= 15 is 0 Å². The van der Waals surface area contributed by atoms with Gasteiger partial charge in [-0.15, -0.1) is 0 Å². The molecule has 4 rings (SSSR count). The minimum atomic E-state index is -0.677. The minimum absolute atomic E-state index is 0.0577. The molecule has 0 saturated heterocycles. The molecule has 0 aliphatic heterocycles. The van der Waals surface area contributed by atoms with E-state index < -0.39 is 5.91 Å². The van der Waals surface area contributed by atoms with Crippen LogP contribution in [0.15, 0.2) is 64.1 Å². The first-order chi connectivity index (χ1) is 15.9. The van der Waals surface area contributed by atoms with Crippen molar-refractivity contribution in [3.05, 3.63) is 60.2 Å². The van der Waals surface area contributed by atoms with E-state index in [1.165, 1.54) is 19.2 Å². The average molecular weight is 447 g/mol. The zero-order chi connectivity index (χ0) is 23.5. The lowest BCUT2D eigenvalue weighted by molar-refractivity contribution is -0.115. The van der Waals surface area contributed by atoms with Gasteiger partial charge in [0.2, 0.25) is 5.91 Å². The molecule has 33 heavy (non-hydrogen) atoms. The van der Waals surface area contributed by atoms with E-state index in [2.05, 4.69) is 15.8 Å². The number of nitrogens with one attached hydrogen (secondary N) is 2. The summed E-state index contributed by atoms with van der Waals surface area (Å²) in [7, 11) is 1.51. The van der Waals surface area contributed by atoms with Crippen LogP contribution in [0.2, 0.25) is 0 Å². The molecule has 0 radical (unpaired) electrons. The van der Waals surface area contributed by atoms with Gasteiger partial charge < -0.3 is 24.7 Å². The Balaban J connectivity index is 1.46. The van der Waals surface area contributed by atoms with Crippen LogP contribution in [-0.4, -0.2) is 34.8 Å². The molecule has 9 heteroatoms. The maximum absolute atomic E-state index is 12.5. The number of ether oxygens (including phenoxy) is 1. The van der Waals surface area contributed by atoms with Crippen molar-refractivity contribution in [2.45, 2.75) is 13.3 Å². The number of carbonyl (C=O) groups excluding carboxylic acids is 2. The number of phenolic OH excluding ortho intramolecular Hbond substituents is 2. The molecule has 0 saturated carbocycles. The molecule has 4 N–H and O–H groups in total. The van der Waals surface area contributed by atoms with Crippen molar-refractivity contribution in [3.8, 4) is 17.2 Å². The van der Waals surface area contributed by atoms with E-state index in [1.54, 1.807) is 13.0 Å². The number of nitrogens with zero attached hydrogens (tertiary/aromatic N) is 1. The fourth-order valence-corrected chi connectivity index (χ4v) is 3.40. The summed E-state index contributed by atoms with van der Waals surface area (Å²) in [4.78, 5) is 24.7. The number of phenols is 2. The van der Waals surface area contributed by atoms with Gasteiger partial charge in [0.05, 0.1) is 24.8 Å². The third kappa shape index (κ3) is 4.57. The maximum atomic E-state index is 12.5. The Hall–Kier alpha value is -4.53. The Morgan fingerprint density at radius 2 is 1.82 bits per heavy atom. The molecule has 2 amide bonds. The van der Waals surface area contributed by atoms with Crippen LogP contribution in [0.4, 0.5) is 5.69 Å². The molecular formula is C24H21N3O6. The lowest BCUT2D eigenvalue weighted by Gasteiger charge is -2.10. The van der Waals surface area contributed by atoms with Crippen molar-refractivity contribution in [2.24, 2.45) is 5.10 Å². The molecule has 1 heterocycles. The monoisotopic (exact) mass is 447 g/mol. The van der Waals surface area contributed by atoms with Gasteiger partial charge in [0.1, 0.15) is 28.4 Å². The second-order valence-electron chi connectivity index (χ2n) is 7.36. The number of hydrogen-bond donors (Lipinski definition) is 4. The van der Waals surface area contributed by atoms with Gasteiger partial charge in [0.25, 0.3) is 5.91 Å². The van der Waals surface area contributed by atoms with E-state index in [-0.39, 0.29) is 29.4 Å². The summed E-state index contributed by atoms with van der Waals surface area (Å²) in [5.41, 5.74) is 4.34. The third-order valence-corrected chi connectivity index (χ3v) is 4.96. The number of hydrogen-bond acceptors (Lipinski definition) is 7. The highest BCUT2D eigenvalue weighted by atomic mass is 16.5. The summed E-state index contributed by atoms with van der Waals surface area (Å²) >= 11 is 0. The van der Waals surface area contributed by atoms with E-state index in [9.17, 15) is 19.8 Å². The SMILES string of the molecule is COc1cc2c(cc1NC(=O)C/C(C)=N/NC(=O)c1ccc(O)cc1O)oc1ccccc12. The zero-order valence-corrected chi connectivity index (χ0v) is 17.9. The topological polar surface area (TPSA) is 133 Å². The van der Waals surface area contributed by atoms with Gasteiger partial charge in [0, 0.05) is 28.6 Å². The fraction of sp³-hybridized carbons (Fsp3) is 0.125. The van der Waals surface area contributed by atoms with Gasteiger partial charge in [-0.05, 0) is 31.2 Å². The van der Waals surface area contributed by atoms with Crippen molar-refractivity contribution in [3.63, 3.8) is 0 Å². The van der Waals surface area contributed by atoms with Crippen LogP contribution < -0.4 is 15.5 Å². The van der Waals surface area contributed by atoms with Gasteiger partial charge in [-0.3, -0.25) is 9.59 Å². The van der Waals surface area contributed by atoms with Crippen molar-refractivity contribution in [2.75, 3.05) is 12.4 Å². The number of amides is 2. The summed E-state index contributed by atoms with van der Waals surface area (Å²) in [6.45, 7) is 1.58. The van der Waals surface area contributed by atoms with Crippen LogP contribution in [0, 0.1) is 0 Å². The second kappa shape index (κ2) is 8.91. The Labute approximate surface area is 188 Å². The van der Waals surface area contributed by atoms with E-state index in [0.717, 1.165) is 22.4 Å². The Bertz CT molecular complexity index is 1410. The van der Waals surface area contributed by atoms with Crippen LogP contribution in [-0.2, 0) is 4.79 Å². The number of carbonyl (C=O) groups is 2. The predicted molar refractivity (Wildman–Crippen MR) is 124 cm³/mol. The van der Waals surface area contributed by atoms with Gasteiger partial charge in [-0.1, -0.05) is 18.2 Å². The van der Waals surface area contributed by atoms with Crippen LogP contribution >= 0.6 is 0 Å². The average Bonchev–Trinajstić information content (AvgIpc) is 3.14. The first kappa shape index (κ1) is 21.7. The van der Waals surface area contributed by atoms with Gasteiger partial charge >= 0.3 is 0 Å². The molecule has 0 aliphatic rings. The second-order valence-corrected chi connectivity index (χ2v) is 7.36. The molecule has 0 spiro atoms. The van der Waals surface area contributed by atoms with Crippen molar-refractivity contribution in [1.29, 1.82) is 0 Å². The smallest absolute Gasteiger partial charge is 0.275 e.